The number of benzene rings is 3. The summed E-state index contributed by atoms with van der Waals surface area (Å²) in [5, 5.41) is 13.5. The molecule has 3 aromatic carbocycles. The van der Waals surface area contributed by atoms with Gasteiger partial charge in [0.15, 0.2) is 11.5 Å². The van der Waals surface area contributed by atoms with Crippen molar-refractivity contribution in [1.82, 2.24) is 4.98 Å². The van der Waals surface area contributed by atoms with Gasteiger partial charge in [0.05, 0.1) is 31.4 Å². The van der Waals surface area contributed by atoms with Crippen molar-refractivity contribution in [2.24, 2.45) is 0 Å². The molecule has 4 heteroatoms. The van der Waals surface area contributed by atoms with Gasteiger partial charge in [-0.3, -0.25) is 0 Å². The van der Waals surface area contributed by atoms with E-state index in [-0.39, 0.29) is 0 Å². The number of ether oxygens (including phenoxy) is 2. The van der Waals surface area contributed by atoms with Crippen LogP contribution in [0.15, 0.2) is 42.5 Å². The summed E-state index contributed by atoms with van der Waals surface area (Å²) in [7, 11) is 3.23. The van der Waals surface area contributed by atoms with Gasteiger partial charge in [-0.05, 0) is 29.7 Å². The minimum atomic E-state index is 0.650. The van der Waals surface area contributed by atoms with E-state index in [9.17, 15) is 5.26 Å². The van der Waals surface area contributed by atoms with Crippen LogP contribution in [0.1, 0.15) is 5.56 Å². The molecule has 23 heavy (non-hydrogen) atoms. The highest BCUT2D eigenvalue weighted by Gasteiger charge is 2.15. The van der Waals surface area contributed by atoms with Crippen LogP contribution in [-0.4, -0.2) is 19.2 Å². The fourth-order valence-electron chi connectivity index (χ4n) is 3.17. The number of aromatic amines is 1. The number of methoxy groups -OCH3 is 2. The lowest BCUT2D eigenvalue weighted by Crippen LogP contribution is -1.91. The van der Waals surface area contributed by atoms with E-state index in [1.807, 2.05) is 42.5 Å². The summed E-state index contributed by atoms with van der Waals surface area (Å²) in [5.74, 6) is 1.32. The standard InChI is InChI=1S/C19H14N2O2/c1-22-16-8-11-7-12(10-20)18-13-5-3-4-6-15(13)21-19(18)14(11)9-17(16)23-2/h3-9,21H,1-2H3. The first-order valence-electron chi connectivity index (χ1n) is 7.26. The average molecular weight is 302 g/mol. The summed E-state index contributed by atoms with van der Waals surface area (Å²) < 4.78 is 10.8. The third-order valence-electron chi connectivity index (χ3n) is 4.22. The Labute approximate surface area is 132 Å². The first kappa shape index (κ1) is 13.5. The summed E-state index contributed by atoms with van der Waals surface area (Å²) in [6.45, 7) is 0. The van der Waals surface area contributed by atoms with Crippen molar-refractivity contribution in [3.05, 3.63) is 48.0 Å². The Morgan fingerprint density at radius 2 is 1.70 bits per heavy atom. The number of hydrogen-bond donors (Lipinski definition) is 1. The van der Waals surface area contributed by atoms with Gasteiger partial charge in [-0.1, -0.05) is 18.2 Å². The topological polar surface area (TPSA) is 58.0 Å². The van der Waals surface area contributed by atoms with Crippen LogP contribution in [0.2, 0.25) is 0 Å². The molecule has 0 fully saturated rings. The van der Waals surface area contributed by atoms with Crippen LogP contribution in [0.25, 0.3) is 32.6 Å². The van der Waals surface area contributed by atoms with Gasteiger partial charge in [0.1, 0.15) is 0 Å². The summed E-state index contributed by atoms with van der Waals surface area (Å²) >= 11 is 0. The van der Waals surface area contributed by atoms with E-state index < -0.39 is 0 Å². The van der Waals surface area contributed by atoms with Gasteiger partial charge >= 0.3 is 0 Å². The van der Waals surface area contributed by atoms with E-state index in [2.05, 4.69) is 11.1 Å². The highest BCUT2D eigenvalue weighted by atomic mass is 16.5. The lowest BCUT2D eigenvalue weighted by atomic mass is 10.0. The van der Waals surface area contributed by atoms with Crippen molar-refractivity contribution in [3.63, 3.8) is 0 Å². The third kappa shape index (κ3) is 1.84. The molecule has 1 aromatic heterocycles. The van der Waals surface area contributed by atoms with Crippen molar-refractivity contribution in [1.29, 1.82) is 5.26 Å². The molecule has 4 rings (SSSR count). The van der Waals surface area contributed by atoms with Gasteiger partial charge in [0.25, 0.3) is 0 Å². The molecule has 1 heterocycles. The highest BCUT2D eigenvalue weighted by Crippen LogP contribution is 2.39. The van der Waals surface area contributed by atoms with Gasteiger partial charge < -0.3 is 14.5 Å². The monoisotopic (exact) mass is 302 g/mol. The number of rotatable bonds is 2. The number of nitrogens with one attached hydrogen (secondary N) is 1. The molecule has 4 nitrogen and oxygen atoms in total. The number of hydrogen-bond acceptors (Lipinski definition) is 3. The molecule has 4 aromatic rings. The Kier molecular flexibility index (Phi) is 2.88. The van der Waals surface area contributed by atoms with Crippen LogP contribution < -0.4 is 9.47 Å². The Morgan fingerprint density at radius 3 is 2.43 bits per heavy atom. The SMILES string of the molecule is COc1cc2cc(C#N)c3c4ccccc4[nH]c3c2cc1OC. The number of aromatic nitrogens is 1. The molecule has 0 aliphatic rings. The lowest BCUT2D eigenvalue weighted by molar-refractivity contribution is 0.356. The van der Waals surface area contributed by atoms with E-state index in [0.29, 0.717) is 17.1 Å². The van der Waals surface area contributed by atoms with Crippen LogP contribution >= 0.6 is 0 Å². The zero-order valence-electron chi connectivity index (χ0n) is 12.8. The molecule has 0 atom stereocenters. The molecule has 0 aliphatic heterocycles. The maximum atomic E-state index is 9.58. The molecule has 0 unspecified atom stereocenters. The van der Waals surface area contributed by atoms with Crippen molar-refractivity contribution < 1.29 is 9.47 Å². The van der Waals surface area contributed by atoms with Gasteiger partial charge in [-0.25, -0.2) is 0 Å². The summed E-state index contributed by atoms with van der Waals surface area (Å²) in [5.41, 5.74) is 2.61. The molecule has 0 aliphatic carbocycles. The molecule has 0 spiro atoms. The number of nitrogens with zero attached hydrogens (tertiary/aromatic N) is 1. The maximum absolute atomic E-state index is 9.58. The second kappa shape index (κ2) is 4.92. The van der Waals surface area contributed by atoms with E-state index in [1.54, 1.807) is 14.2 Å². The van der Waals surface area contributed by atoms with Crippen molar-refractivity contribution in [3.8, 4) is 17.6 Å². The number of H-pyrrole nitrogens is 1. The minimum absolute atomic E-state index is 0.650. The largest absolute Gasteiger partial charge is 0.493 e. The number of para-hydroxylation sites is 1. The first-order chi connectivity index (χ1) is 11.3. The van der Waals surface area contributed by atoms with Gasteiger partial charge in [-0.2, -0.15) is 5.26 Å². The Morgan fingerprint density at radius 1 is 0.957 bits per heavy atom. The molecule has 0 radical (unpaired) electrons. The Balaban J connectivity index is 2.25. The van der Waals surface area contributed by atoms with E-state index in [1.165, 1.54) is 0 Å². The minimum Gasteiger partial charge on any atom is -0.493 e. The van der Waals surface area contributed by atoms with Crippen LogP contribution in [-0.2, 0) is 0 Å². The number of nitriles is 1. The summed E-state index contributed by atoms with van der Waals surface area (Å²) in [4.78, 5) is 3.44. The fourth-order valence-corrected chi connectivity index (χ4v) is 3.17. The average Bonchev–Trinajstić information content (AvgIpc) is 2.99. The molecule has 0 amide bonds. The van der Waals surface area contributed by atoms with E-state index >= 15 is 0 Å². The summed E-state index contributed by atoms with van der Waals surface area (Å²) in [6, 6.07) is 16.1. The normalized spacial score (nSPS) is 11.0. The van der Waals surface area contributed by atoms with Crippen LogP contribution in [0, 0.1) is 11.3 Å². The molecule has 0 saturated heterocycles. The van der Waals surface area contributed by atoms with Gasteiger partial charge in [0.2, 0.25) is 0 Å². The second-order valence-electron chi connectivity index (χ2n) is 5.38. The second-order valence-corrected chi connectivity index (χ2v) is 5.38. The highest BCUT2D eigenvalue weighted by molar-refractivity contribution is 6.19. The Hall–Kier alpha value is -3.19. The predicted molar refractivity (Wildman–Crippen MR) is 91.1 cm³/mol. The smallest absolute Gasteiger partial charge is 0.161 e. The van der Waals surface area contributed by atoms with Crippen molar-refractivity contribution in [2.45, 2.75) is 0 Å². The molecule has 112 valence electrons. The van der Waals surface area contributed by atoms with Crippen LogP contribution in [0.5, 0.6) is 11.5 Å². The third-order valence-corrected chi connectivity index (χ3v) is 4.22. The molecule has 0 saturated carbocycles. The number of fused-ring (bicyclic) bond motifs is 5. The zero-order chi connectivity index (χ0) is 16.0. The van der Waals surface area contributed by atoms with Crippen molar-refractivity contribution >= 4 is 32.6 Å². The first-order valence-corrected chi connectivity index (χ1v) is 7.26. The molecule has 1 N–H and O–H groups in total. The van der Waals surface area contributed by atoms with Crippen LogP contribution in [0.4, 0.5) is 0 Å². The fraction of sp³-hybridized carbons (Fsp3) is 0.105. The Bertz CT molecular complexity index is 1100. The lowest BCUT2D eigenvalue weighted by Gasteiger charge is -2.10. The quantitative estimate of drug-likeness (QED) is 0.598. The van der Waals surface area contributed by atoms with Crippen molar-refractivity contribution in [2.75, 3.05) is 14.2 Å². The van der Waals surface area contributed by atoms with Crippen LogP contribution in [0.3, 0.4) is 0 Å². The summed E-state index contributed by atoms with van der Waals surface area (Å²) in [6.07, 6.45) is 0. The van der Waals surface area contributed by atoms with Gasteiger partial charge in [-0.15, -0.1) is 0 Å². The molecular weight excluding hydrogens is 288 g/mol. The van der Waals surface area contributed by atoms with E-state index in [4.69, 9.17) is 9.47 Å². The zero-order valence-corrected chi connectivity index (χ0v) is 12.8. The van der Waals surface area contributed by atoms with E-state index in [0.717, 1.165) is 32.6 Å². The predicted octanol–water partition coefficient (Wildman–Crippen LogP) is 4.36. The van der Waals surface area contributed by atoms with Gasteiger partial charge in [0, 0.05) is 21.7 Å². The maximum Gasteiger partial charge on any atom is 0.161 e. The molecule has 0 bridgehead atoms. The molecular formula is C19H14N2O2.